The molecule has 1 heterocycles. The van der Waals surface area contributed by atoms with E-state index in [1.165, 1.54) is 16.7 Å². The molecule has 0 spiro atoms. The lowest BCUT2D eigenvalue weighted by Crippen LogP contribution is -2.20. The average molecular weight is 479 g/mol. The summed E-state index contributed by atoms with van der Waals surface area (Å²) in [5.41, 5.74) is 15.1. The number of fused-ring (bicyclic) bond motifs is 3. The van der Waals surface area contributed by atoms with Crippen molar-refractivity contribution in [1.29, 1.82) is 0 Å². The van der Waals surface area contributed by atoms with Gasteiger partial charge in [-0.25, -0.2) is 9.97 Å². The number of hydrogen-bond donors (Lipinski definition) is 2. The van der Waals surface area contributed by atoms with E-state index < -0.39 is 0 Å². The molecule has 0 saturated carbocycles. The lowest BCUT2D eigenvalue weighted by atomic mass is 9.91. The van der Waals surface area contributed by atoms with Gasteiger partial charge in [-0.15, -0.1) is 0 Å². The molecule has 3 aromatic carbocycles. The lowest BCUT2D eigenvalue weighted by molar-refractivity contribution is -0.115. The molecule has 1 amide bonds. The van der Waals surface area contributed by atoms with E-state index in [2.05, 4.69) is 17.4 Å². The highest BCUT2D eigenvalue weighted by atomic mass is 16.1. The van der Waals surface area contributed by atoms with Gasteiger partial charge in [-0.2, -0.15) is 0 Å². The molecule has 0 bridgehead atoms. The third kappa shape index (κ3) is 5.98. The summed E-state index contributed by atoms with van der Waals surface area (Å²) in [7, 11) is 0. The maximum absolute atomic E-state index is 12.9. The molecule has 5 heteroatoms. The highest BCUT2D eigenvalue weighted by molar-refractivity contribution is 5.92. The summed E-state index contributed by atoms with van der Waals surface area (Å²) < 4.78 is 0. The molecule has 4 aromatic rings. The van der Waals surface area contributed by atoms with Crippen LogP contribution in [-0.2, 0) is 36.9 Å². The van der Waals surface area contributed by atoms with Gasteiger partial charge in [-0.05, 0) is 61.4 Å². The molecule has 1 aromatic heterocycles. The van der Waals surface area contributed by atoms with Crippen molar-refractivity contribution < 1.29 is 4.79 Å². The predicted molar refractivity (Wildman–Crippen MR) is 148 cm³/mol. The summed E-state index contributed by atoms with van der Waals surface area (Å²) in [6.45, 7) is 6.04. The van der Waals surface area contributed by atoms with E-state index in [9.17, 15) is 4.79 Å². The van der Waals surface area contributed by atoms with Gasteiger partial charge < -0.3 is 11.1 Å². The second kappa shape index (κ2) is 11.6. The molecule has 5 nitrogen and oxygen atoms in total. The van der Waals surface area contributed by atoms with Gasteiger partial charge in [0.1, 0.15) is 0 Å². The first kappa shape index (κ1) is 25.1. The van der Waals surface area contributed by atoms with E-state index in [0.29, 0.717) is 18.7 Å². The van der Waals surface area contributed by atoms with Gasteiger partial charge >= 0.3 is 0 Å². The maximum atomic E-state index is 12.9. The van der Waals surface area contributed by atoms with E-state index in [1.807, 2.05) is 81.4 Å². The highest BCUT2D eigenvalue weighted by Gasteiger charge is 2.22. The first-order valence-corrected chi connectivity index (χ1v) is 12.7. The van der Waals surface area contributed by atoms with Crippen molar-refractivity contribution in [3.8, 4) is 11.3 Å². The molecule has 1 aliphatic carbocycles. The van der Waals surface area contributed by atoms with Crippen molar-refractivity contribution >= 4 is 17.4 Å². The Morgan fingerprint density at radius 2 is 1.64 bits per heavy atom. The van der Waals surface area contributed by atoms with Gasteiger partial charge in [-0.3, -0.25) is 4.79 Å². The summed E-state index contributed by atoms with van der Waals surface area (Å²) >= 11 is 0. The highest BCUT2D eigenvalue weighted by Crippen LogP contribution is 2.34. The van der Waals surface area contributed by atoms with Gasteiger partial charge in [0.25, 0.3) is 0 Å². The number of anilines is 2. The summed E-state index contributed by atoms with van der Waals surface area (Å²) in [6.07, 6.45) is 3.46. The largest absolute Gasteiger partial charge is 0.399 e. The van der Waals surface area contributed by atoms with Crippen LogP contribution in [0.2, 0.25) is 0 Å². The standard InChI is InChI=1S/C29H28N4O.C2H6/c1-19-7-9-21(10-8-19)17-27(34)33-29-26(15-11-20-5-3-2-4-6-20)31-28-24-14-13-23(30)18-22(24)12-16-25(28)32-29;1-2/h2-10,13-14,18H,11-12,15-17,30H2,1H3,(H,32,33,34);1-2H3. The lowest BCUT2D eigenvalue weighted by Gasteiger charge is -2.21. The van der Waals surface area contributed by atoms with Gasteiger partial charge in [-0.1, -0.05) is 80.1 Å². The molecule has 1 aliphatic rings. The monoisotopic (exact) mass is 478 g/mol. The van der Waals surface area contributed by atoms with Crippen LogP contribution in [0.3, 0.4) is 0 Å². The smallest absolute Gasteiger partial charge is 0.229 e. The van der Waals surface area contributed by atoms with Crippen LogP contribution in [0.5, 0.6) is 0 Å². The minimum absolute atomic E-state index is 0.0805. The number of nitrogens with one attached hydrogen (secondary N) is 1. The van der Waals surface area contributed by atoms with Crippen LogP contribution in [0.15, 0.2) is 72.8 Å². The molecule has 184 valence electrons. The molecule has 3 N–H and O–H groups in total. The van der Waals surface area contributed by atoms with Gasteiger partial charge in [0.15, 0.2) is 5.82 Å². The second-order valence-electron chi connectivity index (χ2n) is 8.93. The first-order valence-electron chi connectivity index (χ1n) is 12.7. The SMILES string of the molecule is CC.Cc1ccc(CC(=O)Nc2nc3c(nc2CCc2ccccc2)-c2ccc(N)cc2CC3)cc1. The van der Waals surface area contributed by atoms with E-state index in [4.69, 9.17) is 15.7 Å². The second-order valence-corrected chi connectivity index (χ2v) is 8.93. The number of nitrogens with zero attached hydrogens (tertiary/aromatic N) is 2. The number of rotatable bonds is 6. The zero-order valence-corrected chi connectivity index (χ0v) is 21.3. The number of carbonyl (C=O) groups excluding carboxylic acids is 1. The Morgan fingerprint density at radius 3 is 2.39 bits per heavy atom. The van der Waals surface area contributed by atoms with Crippen LogP contribution >= 0.6 is 0 Å². The molecule has 0 radical (unpaired) electrons. The molecular formula is C31H34N4O. The molecule has 0 unspecified atom stereocenters. The minimum atomic E-state index is -0.0805. The van der Waals surface area contributed by atoms with E-state index in [-0.39, 0.29) is 5.91 Å². The molecular weight excluding hydrogens is 444 g/mol. The number of carbonyl (C=O) groups is 1. The fourth-order valence-corrected chi connectivity index (χ4v) is 4.45. The van der Waals surface area contributed by atoms with Crippen LogP contribution in [0, 0.1) is 6.92 Å². The summed E-state index contributed by atoms with van der Waals surface area (Å²) in [5, 5.41) is 3.06. The first-order chi connectivity index (χ1) is 17.5. The Balaban J connectivity index is 0.00000148. The Labute approximate surface area is 213 Å². The molecule has 5 rings (SSSR count). The maximum Gasteiger partial charge on any atom is 0.229 e. The Morgan fingerprint density at radius 1 is 0.889 bits per heavy atom. The fourth-order valence-electron chi connectivity index (χ4n) is 4.45. The van der Waals surface area contributed by atoms with Gasteiger partial charge in [0.2, 0.25) is 5.91 Å². The van der Waals surface area contributed by atoms with Crippen molar-refractivity contribution in [2.75, 3.05) is 11.1 Å². The van der Waals surface area contributed by atoms with E-state index in [1.54, 1.807) is 0 Å². The van der Waals surface area contributed by atoms with Crippen LogP contribution < -0.4 is 11.1 Å². The summed E-state index contributed by atoms with van der Waals surface area (Å²) in [4.78, 5) is 22.9. The van der Waals surface area contributed by atoms with Crippen molar-refractivity contribution in [1.82, 2.24) is 9.97 Å². The van der Waals surface area contributed by atoms with Crippen molar-refractivity contribution in [3.05, 3.63) is 106 Å². The van der Waals surface area contributed by atoms with Gasteiger partial charge in [0, 0.05) is 11.3 Å². The zero-order valence-electron chi connectivity index (χ0n) is 21.3. The van der Waals surface area contributed by atoms with Crippen LogP contribution in [0.1, 0.15) is 47.5 Å². The number of hydrogen-bond acceptors (Lipinski definition) is 4. The van der Waals surface area contributed by atoms with Crippen molar-refractivity contribution in [3.63, 3.8) is 0 Å². The third-order valence-electron chi connectivity index (χ3n) is 6.29. The Bertz CT molecular complexity index is 1330. The number of aryl methyl sites for hydroxylation is 5. The number of amides is 1. The summed E-state index contributed by atoms with van der Waals surface area (Å²) in [5.74, 6) is 0.494. The number of nitrogen functional groups attached to an aromatic ring is 1. The predicted octanol–water partition coefficient (Wildman–Crippen LogP) is 6.13. The molecule has 0 aliphatic heterocycles. The Kier molecular flexibility index (Phi) is 8.11. The quantitative estimate of drug-likeness (QED) is 0.327. The normalized spacial score (nSPS) is 11.5. The number of aromatic nitrogens is 2. The average Bonchev–Trinajstić information content (AvgIpc) is 2.90. The topological polar surface area (TPSA) is 80.9 Å². The molecule has 0 saturated heterocycles. The van der Waals surface area contributed by atoms with Crippen LogP contribution in [0.4, 0.5) is 11.5 Å². The molecule has 36 heavy (non-hydrogen) atoms. The van der Waals surface area contributed by atoms with Crippen LogP contribution in [-0.4, -0.2) is 15.9 Å². The molecule has 0 atom stereocenters. The Hall–Kier alpha value is -3.99. The van der Waals surface area contributed by atoms with Crippen molar-refractivity contribution in [2.24, 2.45) is 0 Å². The minimum Gasteiger partial charge on any atom is -0.399 e. The van der Waals surface area contributed by atoms with Crippen LogP contribution in [0.25, 0.3) is 11.3 Å². The zero-order chi connectivity index (χ0) is 25.5. The third-order valence-corrected chi connectivity index (χ3v) is 6.29. The van der Waals surface area contributed by atoms with Gasteiger partial charge in [0.05, 0.1) is 23.5 Å². The number of benzene rings is 3. The van der Waals surface area contributed by atoms with Crippen molar-refractivity contribution in [2.45, 2.75) is 52.9 Å². The fraction of sp³-hybridized carbons (Fsp3) is 0.258. The summed E-state index contributed by atoms with van der Waals surface area (Å²) in [6, 6.07) is 24.3. The number of nitrogens with two attached hydrogens (primary N) is 1. The van der Waals surface area contributed by atoms with E-state index >= 15 is 0 Å². The molecule has 0 fully saturated rings. The van der Waals surface area contributed by atoms with E-state index in [0.717, 1.165) is 53.2 Å².